The summed E-state index contributed by atoms with van der Waals surface area (Å²) in [6.07, 6.45) is 20.7. The first kappa shape index (κ1) is 23.5. The van der Waals surface area contributed by atoms with Gasteiger partial charge < -0.3 is 9.47 Å². The summed E-state index contributed by atoms with van der Waals surface area (Å²) in [7, 11) is 0. The zero-order valence-corrected chi connectivity index (χ0v) is 22.2. The summed E-state index contributed by atoms with van der Waals surface area (Å²) in [5.74, 6) is 5.43. The van der Waals surface area contributed by atoms with Gasteiger partial charge in [-0.3, -0.25) is 9.59 Å². The first-order valence-electron chi connectivity index (χ1n) is 15.0. The molecule has 0 aliphatic heterocycles. The third-order valence-electron chi connectivity index (χ3n) is 12.0. The second-order valence-corrected chi connectivity index (χ2v) is 14.8. The molecule has 0 aromatic carbocycles. The van der Waals surface area contributed by atoms with Crippen molar-refractivity contribution in [1.82, 2.24) is 0 Å². The molecule has 0 spiro atoms. The monoisotopic (exact) mass is 492 g/mol. The molecular formula is C32H44O4. The van der Waals surface area contributed by atoms with E-state index in [1.807, 2.05) is 0 Å². The molecule has 4 heteroatoms. The Morgan fingerprint density at radius 2 is 1.25 bits per heavy atom. The van der Waals surface area contributed by atoms with Crippen molar-refractivity contribution in [3.8, 4) is 0 Å². The minimum atomic E-state index is 0.0562. The molecule has 0 amide bonds. The third-order valence-corrected chi connectivity index (χ3v) is 12.0. The van der Waals surface area contributed by atoms with Gasteiger partial charge in [0.15, 0.2) is 0 Å². The van der Waals surface area contributed by atoms with Crippen LogP contribution in [-0.2, 0) is 19.1 Å². The zero-order valence-electron chi connectivity index (χ0n) is 22.2. The lowest BCUT2D eigenvalue weighted by atomic mass is 9.65. The van der Waals surface area contributed by atoms with E-state index in [-0.39, 0.29) is 34.6 Å². The van der Waals surface area contributed by atoms with E-state index in [9.17, 15) is 9.59 Å². The van der Waals surface area contributed by atoms with Gasteiger partial charge in [0.2, 0.25) is 0 Å². The molecule has 5 saturated carbocycles. The predicted octanol–water partition coefficient (Wildman–Crippen LogP) is 6.36. The van der Waals surface area contributed by atoms with Crippen LogP contribution in [0.4, 0.5) is 0 Å². The average Bonchev–Trinajstić information content (AvgIpc) is 3.69. The highest BCUT2D eigenvalue weighted by Gasteiger charge is 2.55. The Bertz CT molecular complexity index is 983. The summed E-state index contributed by atoms with van der Waals surface area (Å²) < 4.78 is 12.1. The Morgan fingerprint density at radius 1 is 0.694 bits per heavy atom. The number of esters is 2. The van der Waals surface area contributed by atoms with Crippen molar-refractivity contribution >= 4 is 11.9 Å². The molecule has 196 valence electrons. The van der Waals surface area contributed by atoms with Gasteiger partial charge in [0.05, 0.1) is 25.0 Å². The van der Waals surface area contributed by atoms with Gasteiger partial charge in [0.1, 0.15) is 0 Å². The van der Waals surface area contributed by atoms with E-state index in [0.29, 0.717) is 36.9 Å². The molecule has 0 heterocycles. The number of ether oxygens (including phenoxy) is 2. The largest absolute Gasteiger partial charge is 0.465 e. The molecule has 7 aliphatic carbocycles. The lowest BCUT2D eigenvalue weighted by molar-refractivity contribution is -0.155. The Morgan fingerprint density at radius 3 is 1.78 bits per heavy atom. The van der Waals surface area contributed by atoms with Crippen molar-refractivity contribution in [1.29, 1.82) is 0 Å². The molecule has 6 bridgehead atoms. The van der Waals surface area contributed by atoms with Crippen molar-refractivity contribution in [2.75, 3.05) is 13.2 Å². The smallest absolute Gasteiger partial charge is 0.309 e. The van der Waals surface area contributed by atoms with E-state index in [1.54, 1.807) is 0 Å². The highest BCUT2D eigenvalue weighted by atomic mass is 16.5. The standard InChI is InChI=1S/C32H44O4/c1-31(17-35-29(33)26-11-19-3-5-21(26)9-19)8-7-25-23-13-24(28(25)16-31)15-32(2,14-23)18-36-30(34)27-12-20-4-6-22(27)10-20/h3-6,19-28H,7-18H2,1-2H3. The normalized spacial score (nSPS) is 51.5. The highest BCUT2D eigenvalue weighted by Crippen LogP contribution is 2.62. The van der Waals surface area contributed by atoms with Crippen molar-refractivity contribution in [2.24, 2.45) is 70.0 Å². The minimum absolute atomic E-state index is 0.0562. The summed E-state index contributed by atoms with van der Waals surface area (Å²) in [6.45, 7) is 5.94. The molecule has 4 nitrogen and oxygen atoms in total. The van der Waals surface area contributed by atoms with E-state index >= 15 is 0 Å². The van der Waals surface area contributed by atoms with E-state index in [4.69, 9.17) is 9.47 Å². The lowest BCUT2D eigenvalue weighted by Crippen LogP contribution is -2.37. The maximum absolute atomic E-state index is 12.9. The molecule has 0 radical (unpaired) electrons. The van der Waals surface area contributed by atoms with Gasteiger partial charge in [-0.25, -0.2) is 0 Å². The highest BCUT2D eigenvalue weighted by molar-refractivity contribution is 5.74. The van der Waals surface area contributed by atoms with Gasteiger partial charge in [-0.2, -0.15) is 0 Å². The second-order valence-electron chi connectivity index (χ2n) is 14.8. The Kier molecular flexibility index (Phi) is 5.53. The van der Waals surface area contributed by atoms with E-state index in [2.05, 4.69) is 38.2 Å². The molecule has 36 heavy (non-hydrogen) atoms. The van der Waals surface area contributed by atoms with E-state index in [0.717, 1.165) is 49.4 Å². The van der Waals surface area contributed by atoms with Crippen molar-refractivity contribution in [3.63, 3.8) is 0 Å². The first-order valence-corrected chi connectivity index (χ1v) is 15.0. The summed E-state index contributed by atoms with van der Waals surface area (Å²) in [4.78, 5) is 25.8. The fourth-order valence-electron chi connectivity index (χ4n) is 10.3. The maximum Gasteiger partial charge on any atom is 0.309 e. The third kappa shape index (κ3) is 4.00. The van der Waals surface area contributed by atoms with Crippen LogP contribution in [0.2, 0.25) is 0 Å². The minimum Gasteiger partial charge on any atom is -0.465 e. The Labute approximate surface area is 216 Å². The molecule has 7 aliphatic rings. The number of hydrogen-bond acceptors (Lipinski definition) is 4. The number of fused-ring (bicyclic) bond motifs is 9. The van der Waals surface area contributed by atoms with Gasteiger partial charge in [-0.05, 0) is 112 Å². The Balaban J connectivity index is 0.943. The van der Waals surface area contributed by atoms with Crippen LogP contribution in [0.5, 0.6) is 0 Å². The van der Waals surface area contributed by atoms with Crippen LogP contribution in [0.3, 0.4) is 0 Å². The average molecular weight is 493 g/mol. The van der Waals surface area contributed by atoms with Gasteiger partial charge in [-0.15, -0.1) is 0 Å². The van der Waals surface area contributed by atoms with Gasteiger partial charge in [-0.1, -0.05) is 38.2 Å². The molecule has 0 N–H and O–H groups in total. The van der Waals surface area contributed by atoms with E-state index in [1.165, 1.54) is 38.5 Å². The van der Waals surface area contributed by atoms with Crippen LogP contribution in [0, 0.1) is 70.0 Å². The van der Waals surface area contributed by atoms with Crippen LogP contribution in [0.25, 0.3) is 0 Å². The van der Waals surface area contributed by atoms with Crippen molar-refractivity contribution < 1.29 is 19.1 Å². The predicted molar refractivity (Wildman–Crippen MR) is 137 cm³/mol. The fraction of sp³-hybridized carbons (Fsp3) is 0.812. The van der Waals surface area contributed by atoms with Crippen LogP contribution >= 0.6 is 0 Å². The Hall–Kier alpha value is -1.58. The SMILES string of the molecule is CC1(COC(=O)C2CC3C=CC2C3)CC2CC(C1)C1CC(C)(COC(=O)C3CC4C=CC3C4)CCC21. The van der Waals surface area contributed by atoms with Gasteiger partial charge >= 0.3 is 11.9 Å². The number of allylic oxidation sites excluding steroid dienone is 4. The summed E-state index contributed by atoms with van der Waals surface area (Å²) in [5, 5.41) is 0. The number of rotatable bonds is 6. The molecule has 12 atom stereocenters. The number of carbonyl (C=O) groups is 2. The molecule has 5 fully saturated rings. The molecule has 0 aromatic heterocycles. The van der Waals surface area contributed by atoms with Crippen LogP contribution < -0.4 is 0 Å². The number of hydrogen-bond donors (Lipinski definition) is 0. The molecular weight excluding hydrogens is 448 g/mol. The topological polar surface area (TPSA) is 52.6 Å². The maximum atomic E-state index is 12.9. The quantitative estimate of drug-likeness (QED) is 0.320. The van der Waals surface area contributed by atoms with Crippen LogP contribution in [0.1, 0.15) is 78.1 Å². The molecule has 7 rings (SSSR count). The summed E-state index contributed by atoms with van der Waals surface area (Å²) in [6, 6.07) is 0. The van der Waals surface area contributed by atoms with Crippen molar-refractivity contribution in [3.05, 3.63) is 24.3 Å². The molecule has 0 aromatic rings. The lowest BCUT2D eigenvalue weighted by Gasteiger charge is -2.42. The second kappa shape index (κ2) is 8.46. The molecule has 0 saturated heterocycles. The van der Waals surface area contributed by atoms with Gasteiger partial charge in [0, 0.05) is 10.8 Å². The number of carbonyl (C=O) groups excluding carboxylic acids is 2. The zero-order chi connectivity index (χ0) is 24.7. The molecule has 12 unspecified atom stereocenters. The van der Waals surface area contributed by atoms with Crippen LogP contribution in [0.15, 0.2) is 24.3 Å². The van der Waals surface area contributed by atoms with E-state index < -0.39 is 0 Å². The summed E-state index contributed by atoms with van der Waals surface area (Å²) in [5.41, 5.74) is 0.228. The summed E-state index contributed by atoms with van der Waals surface area (Å²) >= 11 is 0. The van der Waals surface area contributed by atoms with Crippen LogP contribution in [-0.4, -0.2) is 25.2 Å². The fourth-order valence-corrected chi connectivity index (χ4v) is 10.3. The first-order chi connectivity index (χ1) is 17.3. The van der Waals surface area contributed by atoms with Crippen molar-refractivity contribution in [2.45, 2.75) is 78.1 Å². The van der Waals surface area contributed by atoms with Gasteiger partial charge in [0.25, 0.3) is 0 Å².